The molecule has 18 nitrogen and oxygen atoms in total. The van der Waals surface area contributed by atoms with E-state index < -0.39 is 11.9 Å². The highest BCUT2D eigenvalue weighted by Gasteiger charge is 2.43. The van der Waals surface area contributed by atoms with Crippen LogP contribution in [0.25, 0.3) is 11.1 Å². The topological polar surface area (TPSA) is 191 Å². The van der Waals surface area contributed by atoms with Crippen molar-refractivity contribution < 1.29 is 29.0 Å². The van der Waals surface area contributed by atoms with Gasteiger partial charge in [0.05, 0.1) is 30.8 Å². The van der Waals surface area contributed by atoms with Gasteiger partial charge < -0.3 is 39.0 Å². The number of aromatic nitrogens is 4. The number of benzene rings is 1. The monoisotopic (exact) mass is 975 g/mol. The molecule has 3 saturated heterocycles. The van der Waals surface area contributed by atoms with E-state index >= 15 is 0 Å². The Balaban J connectivity index is 0.694. The molecule has 1 aliphatic carbocycles. The summed E-state index contributed by atoms with van der Waals surface area (Å²) in [6.45, 7) is 12.0. The van der Waals surface area contributed by atoms with Crippen LogP contribution in [-0.2, 0) is 49.2 Å². The third-order valence-corrected chi connectivity index (χ3v) is 16.4. The minimum absolute atomic E-state index is 0.130. The summed E-state index contributed by atoms with van der Waals surface area (Å²) in [6, 6.07) is 13.8. The Morgan fingerprint density at radius 1 is 0.861 bits per heavy atom. The first-order chi connectivity index (χ1) is 34.7. The van der Waals surface area contributed by atoms with Crippen LogP contribution in [0.3, 0.4) is 0 Å². The number of hydrogen-bond acceptors (Lipinski definition) is 13. The zero-order valence-corrected chi connectivity index (χ0v) is 41.3. The van der Waals surface area contributed by atoms with Crippen molar-refractivity contribution in [2.75, 3.05) is 59.3 Å². The molecule has 72 heavy (non-hydrogen) atoms. The quantitative estimate of drug-likeness (QED) is 0.181. The largest absolute Gasteiger partial charge is 0.491 e. The lowest BCUT2D eigenvalue weighted by molar-refractivity contribution is -0.136. The molecule has 0 saturated carbocycles. The van der Waals surface area contributed by atoms with Crippen molar-refractivity contribution in [1.82, 2.24) is 34.2 Å². The van der Waals surface area contributed by atoms with Crippen molar-refractivity contribution in [2.45, 2.75) is 110 Å². The van der Waals surface area contributed by atoms with Gasteiger partial charge in [-0.05, 0) is 104 Å². The van der Waals surface area contributed by atoms with E-state index in [4.69, 9.17) is 9.72 Å². The van der Waals surface area contributed by atoms with Crippen LogP contribution in [0, 0.1) is 5.41 Å². The van der Waals surface area contributed by atoms with E-state index in [9.17, 15) is 29.1 Å². The Kier molecular flexibility index (Phi) is 11.3. The molecule has 4 amide bonds. The molecule has 4 aromatic heterocycles. The summed E-state index contributed by atoms with van der Waals surface area (Å²) in [5.41, 5.74) is 8.78. The second kappa shape index (κ2) is 17.6. The van der Waals surface area contributed by atoms with E-state index in [1.807, 2.05) is 36.5 Å². The first kappa shape index (κ1) is 46.0. The molecule has 3 N–H and O–H groups in total. The normalized spacial score (nSPS) is 23.7. The predicted octanol–water partition coefficient (Wildman–Crippen LogP) is 4.76. The molecule has 4 atom stereocenters. The van der Waals surface area contributed by atoms with Gasteiger partial charge in [0.2, 0.25) is 11.8 Å². The molecule has 1 aromatic carbocycles. The molecule has 12 rings (SSSR count). The molecule has 1 unspecified atom stereocenters. The van der Waals surface area contributed by atoms with Gasteiger partial charge >= 0.3 is 0 Å². The molecule has 0 spiro atoms. The van der Waals surface area contributed by atoms with E-state index in [1.165, 1.54) is 15.8 Å². The van der Waals surface area contributed by atoms with Crippen LogP contribution in [0.2, 0.25) is 0 Å². The van der Waals surface area contributed by atoms with Crippen molar-refractivity contribution in [3.05, 3.63) is 105 Å². The molecule has 5 aromatic rings. The number of ether oxygens (including phenoxy) is 1. The number of aryl methyl sites for hydroxylation is 1. The highest BCUT2D eigenvalue weighted by molar-refractivity contribution is 6.07. The minimum Gasteiger partial charge on any atom is -0.491 e. The van der Waals surface area contributed by atoms with Gasteiger partial charge in [0, 0.05) is 119 Å². The Morgan fingerprint density at radius 2 is 1.72 bits per heavy atom. The van der Waals surface area contributed by atoms with Gasteiger partial charge in [0.15, 0.2) is 0 Å². The number of piperidine rings is 2. The minimum atomic E-state index is -0.657. The van der Waals surface area contributed by atoms with Crippen molar-refractivity contribution in [2.24, 2.45) is 12.5 Å². The summed E-state index contributed by atoms with van der Waals surface area (Å²) in [7, 11) is 1.70. The maximum atomic E-state index is 14.0. The number of anilines is 5. The fraction of sp³-hybridized carbons (Fsp3) is 0.463. The molecule has 0 radical (unpaired) electrons. The third-order valence-electron chi connectivity index (χ3n) is 16.4. The van der Waals surface area contributed by atoms with E-state index in [0.29, 0.717) is 89.7 Å². The highest BCUT2D eigenvalue weighted by atomic mass is 16.5. The first-order valence-electron chi connectivity index (χ1n) is 25.5. The van der Waals surface area contributed by atoms with Gasteiger partial charge in [0.1, 0.15) is 34.8 Å². The lowest BCUT2D eigenvalue weighted by Gasteiger charge is -2.48. The molecule has 0 bridgehead atoms. The summed E-state index contributed by atoms with van der Waals surface area (Å²) in [4.78, 5) is 85.8. The zero-order valence-electron chi connectivity index (χ0n) is 41.3. The van der Waals surface area contributed by atoms with E-state index in [1.54, 1.807) is 35.3 Å². The zero-order chi connectivity index (χ0) is 49.7. The molecule has 3 fully saturated rings. The fourth-order valence-electron chi connectivity index (χ4n) is 12.9. The second-order valence-electron chi connectivity index (χ2n) is 21.6. The van der Waals surface area contributed by atoms with Crippen LogP contribution < -0.4 is 35.6 Å². The number of nitrogens with zero attached hydrogens (tertiary/aromatic N) is 9. The second-order valence-corrected chi connectivity index (χ2v) is 21.6. The summed E-state index contributed by atoms with van der Waals surface area (Å²) < 4.78 is 9.99. The molecule has 7 aliphatic rings. The number of piperazine rings is 1. The number of aliphatic hydroxyl groups excluding tert-OH is 1. The van der Waals surface area contributed by atoms with Gasteiger partial charge in [-0.2, -0.15) is 0 Å². The van der Waals surface area contributed by atoms with Gasteiger partial charge in [-0.15, -0.1) is 0 Å². The summed E-state index contributed by atoms with van der Waals surface area (Å²) in [6.07, 6.45) is 10.6. The Labute approximate surface area is 417 Å². The van der Waals surface area contributed by atoms with Crippen LogP contribution in [0.1, 0.15) is 96.1 Å². The van der Waals surface area contributed by atoms with Gasteiger partial charge in [0.25, 0.3) is 17.4 Å². The summed E-state index contributed by atoms with van der Waals surface area (Å²) in [5, 5.41) is 16.5. The van der Waals surface area contributed by atoms with E-state index in [-0.39, 0.29) is 53.8 Å². The maximum Gasteiger partial charge on any atom is 0.276 e. The number of carbonyl (C=O) groups is 4. The highest BCUT2D eigenvalue weighted by Crippen LogP contribution is 2.44. The van der Waals surface area contributed by atoms with Crippen molar-refractivity contribution in [1.29, 1.82) is 0 Å². The SMILES string of the molecule is C[C@@H]1CN([C@@H]2CCN3c4cc5c(cc4OCC[C@@H]3C2)C(=O)N(C2CCC(=O)NC2=O)C5)CCN1c1ccc(Nc2cc(-c3ccnc(N4CCn5c(cc6c5CC(C)(C)C6)C4=O)c3CO)cn(C)c2=O)nc1. The van der Waals surface area contributed by atoms with Crippen LogP contribution in [0.4, 0.5) is 28.7 Å². The number of amides is 4. The lowest BCUT2D eigenvalue weighted by Crippen LogP contribution is -2.58. The standard InChI is InChI=1S/C54H61N11O7/c1-31-27-60(35-10-13-62-36(22-35)11-18-72-46-23-39-34(21-43(46)62)29-65(51(39)69)42-6-8-48(67)58-50(42)68)14-15-61(31)37-5-7-47(56-26-37)57-41-19-33(28-59(4)52(41)70)38-9-12-55-49(40(38)30-66)64-17-16-63-44(53(64)71)20-32-24-54(2,3)25-45(32)63/h5,7,9,12,19-21,23,26,28,31,35-36,42,66H,6,8,10-11,13-18,22,24-25,27,29-30H2,1-4H3,(H,56,57)(H,58,67,68)/t31-,35-,36-,42?/m1/s1. The lowest BCUT2D eigenvalue weighted by atomic mass is 9.90. The van der Waals surface area contributed by atoms with Crippen LogP contribution in [-0.4, -0.2) is 121 Å². The number of rotatable bonds is 8. The van der Waals surface area contributed by atoms with Crippen LogP contribution >= 0.6 is 0 Å². The number of fused-ring (bicyclic) bond motifs is 7. The molecular formula is C54H61N11O7. The van der Waals surface area contributed by atoms with Crippen LogP contribution in [0.15, 0.2) is 65.8 Å². The number of pyridine rings is 3. The number of hydrogen-bond donors (Lipinski definition) is 3. The fourth-order valence-corrected chi connectivity index (χ4v) is 12.9. The number of nitrogens with one attached hydrogen (secondary N) is 2. The molecule has 6 aliphatic heterocycles. The maximum absolute atomic E-state index is 14.0. The number of imide groups is 1. The average molecular weight is 976 g/mol. The van der Waals surface area contributed by atoms with E-state index in [2.05, 4.69) is 61.7 Å². The van der Waals surface area contributed by atoms with Crippen LogP contribution in [0.5, 0.6) is 5.75 Å². The molecular weight excluding hydrogens is 915 g/mol. The Morgan fingerprint density at radius 3 is 2.51 bits per heavy atom. The average Bonchev–Trinajstić information content (AvgIpc) is 3.93. The predicted molar refractivity (Wildman–Crippen MR) is 271 cm³/mol. The Bertz CT molecular complexity index is 3130. The summed E-state index contributed by atoms with van der Waals surface area (Å²) in [5.74, 6) is 0.629. The van der Waals surface area contributed by atoms with E-state index in [0.717, 1.165) is 75.2 Å². The van der Waals surface area contributed by atoms with Gasteiger partial charge in [-0.3, -0.25) is 39.1 Å². The molecule has 10 heterocycles. The van der Waals surface area contributed by atoms with Crippen molar-refractivity contribution >= 4 is 52.3 Å². The third kappa shape index (κ3) is 7.89. The number of carbonyl (C=O) groups excluding carboxylic acids is 4. The smallest absolute Gasteiger partial charge is 0.276 e. The first-order valence-corrected chi connectivity index (χ1v) is 25.5. The van der Waals surface area contributed by atoms with Crippen molar-refractivity contribution in [3.8, 4) is 16.9 Å². The molecule has 374 valence electrons. The Hall–Kier alpha value is -7.05. The van der Waals surface area contributed by atoms with Gasteiger partial charge in [-0.25, -0.2) is 9.97 Å². The molecule has 18 heteroatoms. The van der Waals surface area contributed by atoms with Crippen molar-refractivity contribution in [3.63, 3.8) is 0 Å². The number of aliphatic hydroxyl groups is 1. The summed E-state index contributed by atoms with van der Waals surface area (Å²) >= 11 is 0. The van der Waals surface area contributed by atoms with Gasteiger partial charge in [-0.1, -0.05) is 13.8 Å².